The summed E-state index contributed by atoms with van der Waals surface area (Å²) in [4.78, 5) is 18.4. The molecule has 0 aliphatic heterocycles. The van der Waals surface area contributed by atoms with Gasteiger partial charge in [-0.25, -0.2) is 0 Å². The Labute approximate surface area is 103 Å². The highest BCUT2D eigenvalue weighted by Crippen LogP contribution is 2.27. The molecule has 1 unspecified atom stereocenters. The number of hydrogen-bond acceptors (Lipinski definition) is 2. The molecule has 0 bridgehead atoms. The third-order valence-corrected chi connectivity index (χ3v) is 3.29. The van der Waals surface area contributed by atoms with E-state index >= 15 is 0 Å². The van der Waals surface area contributed by atoms with Crippen LogP contribution in [0.25, 0.3) is 21.8 Å². The average molecular weight is 240 g/mol. The Morgan fingerprint density at radius 3 is 2.83 bits per heavy atom. The lowest BCUT2D eigenvalue weighted by Gasteiger charge is -2.06. The van der Waals surface area contributed by atoms with Crippen LogP contribution in [0, 0.1) is 0 Å². The number of fused-ring (bicyclic) bond motifs is 3. The number of carbonyl (C=O) groups is 1. The zero-order valence-electron chi connectivity index (χ0n) is 9.84. The Hall–Kier alpha value is -2.36. The van der Waals surface area contributed by atoms with Crippen LogP contribution in [-0.4, -0.2) is 21.0 Å². The van der Waals surface area contributed by atoms with Crippen molar-refractivity contribution < 1.29 is 9.90 Å². The fraction of sp³-hybridized carbons (Fsp3) is 0.143. The minimum absolute atomic E-state index is 0.504. The van der Waals surface area contributed by atoms with Crippen LogP contribution in [0.4, 0.5) is 0 Å². The maximum absolute atomic E-state index is 11.0. The number of H-pyrrole nitrogens is 1. The third-order valence-electron chi connectivity index (χ3n) is 3.29. The molecule has 0 radical (unpaired) electrons. The number of hydrogen-bond donors (Lipinski definition) is 2. The largest absolute Gasteiger partial charge is 0.481 e. The number of aromatic amines is 1. The number of aliphatic carboxylic acids is 1. The minimum Gasteiger partial charge on any atom is -0.481 e. The van der Waals surface area contributed by atoms with Gasteiger partial charge in [-0.3, -0.25) is 9.78 Å². The summed E-state index contributed by atoms with van der Waals surface area (Å²) in [5, 5.41) is 11.1. The molecule has 0 saturated carbocycles. The molecule has 3 rings (SSSR count). The van der Waals surface area contributed by atoms with E-state index in [9.17, 15) is 4.79 Å². The van der Waals surface area contributed by atoms with Gasteiger partial charge in [0.05, 0.1) is 5.92 Å². The van der Waals surface area contributed by atoms with Gasteiger partial charge in [0.1, 0.15) is 0 Å². The van der Waals surface area contributed by atoms with Crippen LogP contribution in [0.2, 0.25) is 0 Å². The summed E-state index contributed by atoms with van der Waals surface area (Å²) >= 11 is 0. The van der Waals surface area contributed by atoms with Gasteiger partial charge in [-0.1, -0.05) is 6.07 Å². The van der Waals surface area contributed by atoms with Gasteiger partial charge in [0.15, 0.2) is 0 Å². The van der Waals surface area contributed by atoms with Crippen molar-refractivity contribution in [1.29, 1.82) is 0 Å². The Bertz CT molecular complexity index is 746. The zero-order valence-corrected chi connectivity index (χ0v) is 9.84. The Balaban J connectivity index is 2.27. The number of nitrogens with one attached hydrogen (secondary N) is 1. The van der Waals surface area contributed by atoms with Crippen LogP contribution in [0.5, 0.6) is 0 Å². The first-order valence-corrected chi connectivity index (χ1v) is 5.75. The van der Waals surface area contributed by atoms with E-state index in [0.29, 0.717) is 0 Å². The minimum atomic E-state index is -0.813. The molecule has 0 saturated heterocycles. The average Bonchev–Trinajstić information content (AvgIpc) is 2.75. The number of nitrogens with zero attached hydrogens (tertiary/aromatic N) is 1. The van der Waals surface area contributed by atoms with Crippen molar-refractivity contribution in [2.24, 2.45) is 0 Å². The topological polar surface area (TPSA) is 66.0 Å². The summed E-state index contributed by atoms with van der Waals surface area (Å²) < 4.78 is 0. The maximum atomic E-state index is 11.0. The Kier molecular flexibility index (Phi) is 2.30. The molecule has 0 aliphatic rings. The van der Waals surface area contributed by atoms with Crippen LogP contribution < -0.4 is 0 Å². The highest BCUT2D eigenvalue weighted by molar-refractivity contribution is 6.07. The molecule has 2 aromatic heterocycles. The summed E-state index contributed by atoms with van der Waals surface area (Å²) in [5.74, 6) is -1.32. The predicted molar refractivity (Wildman–Crippen MR) is 69.7 cm³/mol. The fourth-order valence-electron chi connectivity index (χ4n) is 2.17. The van der Waals surface area contributed by atoms with Crippen LogP contribution in [0.3, 0.4) is 0 Å². The van der Waals surface area contributed by atoms with Gasteiger partial charge in [-0.15, -0.1) is 0 Å². The molecule has 0 amide bonds. The lowest BCUT2D eigenvalue weighted by Crippen LogP contribution is -2.06. The summed E-state index contributed by atoms with van der Waals surface area (Å²) in [7, 11) is 0. The molecule has 1 atom stereocenters. The lowest BCUT2D eigenvalue weighted by molar-refractivity contribution is -0.138. The molecule has 3 aromatic rings. The first kappa shape index (κ1) is 10.8. The molecule has 2 N–H and O–H groups in total. The molecule has 4 nitrogen and oxygen atoms in total. The number of aromatic nitrogens is 2. The van der Waals surface area contributed by atoms with Crippen LogP contribution in [-0.2, 0) is 4.79 Å². The van der Waals surface area contributed by atoms with Crippen molar-refractivity contribution in [3.8, 4) is 0 Å². The fourth-order valence-corrected chi connectivity index (χ4v) is 2.17. The standard InChI is InChI=1S/C14H12N2O2/c1-8(14(17)18)9-2-3-12-10(6-9)11-7-15-5-4-13(11)16-12/h2-8,16H,1H3,(H,17,18). The van der Waals surface area contributed by atoms with Gasteiger partial charge in [-0.05, 0) is 30.7 Å². The Morgan fingerprint density at radius 1 is 1.28 bits per heavy atom. The molecule has 4 heteroatoms. The van der Waals surface area contributed by atoms with Crippen LogP contribution in [0.15, 0.2) is 36.7 Å². The second-order valence-corrected chi connectivity index (χ2v) is 4.41. The third kappa shape index (κ3) is 1.54. The smallest absolute Gasteiger partial charge is 0.310 e. The second-order valence-electron chi connectivity index (χ2n) is 4.41. The van der Waals surface area contributed by atoms with Crippen molar-refractivity contribution in [2.75, 3.05) is 0 Å². The number of pyridine rings is 1. The van der Waals surface area contributed by atoms with Gasteiger partial charge >= 0.3 is 5.97 Å². The molecular formula is C14H12N2O2. The van der Waals surface area contributed by atoms with Gasteiger partial charge < -0.3 is 10.1 Å². The van der Waals surface area contributed by atoms with Gasteiger partial charge in [0.25, 0.3) is 0 Å². The second kappa shape index (κ2) is 3.84. The summed E-state index contributed by atoms with van der Waals surface area (Å²) in [6.07, 6.45) is 3.53. The number of carboxylic acid groups (broad SMARTS) is 1. The van der Waals surface area contributed by atoms with E-state index in [1.165, 1.54) is 0 Å². The monoisotopic (exact) mass is 240 g/mol. The summed E-state index contributed by atoms with van der Waals surface area (Å²) in [6, 6.07) is 7.61. The first-order chi connectivity index (χ1) is 8.66. The van der Waals surface area contributed by atoms with E-state index in [0.717, 1.165) is 27.4 Å². The molecule has 0 aliphatic carbocycles. The van der Waals surface area contributed by atoms with Crippen molar-refractivity contribution in [3.63, 3.8) is 0 Å². The molecule has 0 fully saturated rings. The normalized spacial score (nSPS) is 12.9. The SMILES string of the molecule is CC(C(=O)O)c1ccc2[nH]c3ccncc3c2c1. The molecule has 90 valence electrons. The van der Waals surface area contributed by atoms with Crippen molar-refractivity contribution >= 4 is 27.8 Å². The molecule has 1 aromatic carbocycles. The van der Waals surface area contributed by atoms with Crippen LogP contribution in [0.1, 0.15) is 18.4 Å². The van der Waals surface area contributed by atoms with E-state index < -0.39 is 11.9 Å². The predicted octanol–water partition coefficient (Wildman–Crippen LogP) is 2.90. The molecule has 2 heterocycles. The summed E-state index contributed by atoms with van der Waals surface area (Å²) in [5.41, 5.74) is 2.82. The Morgan fingerprint density at radius 2 is 2.06 bits per heavy atom. The van der Waals surface area contributed by atoms with Gasteiger partial charge in [0.2, 0.25) is 0 Å². The van der Waals surface area contributed by atoms with E-state index in [1.807, 2.05) is 24.3 Å². The van der Waals surface area contributed by atoms with Crippen molar-refractivity contribution in [1.82, 2.24) is 9.97 Å². The summed E-state index contributed by atoms with van der Waals surface area (Å²) in [6.45, 7) is 1.69. The number of rotatable bonds is 2. The maximum Gasteiger partial charge on any atom is 0.310 e. The van der Waals surface area contributed by atoms with Crippen molar-refractivity contribution in [2.45, 2.75) is 12.8 Å². The van der Waals surface area contributed by atoms with Gasteiger partial charge in [0, 0.05) is 34.2 Å². The number of carboxylic acids is 1. The zero-order chi connectivity index (χ0) is 12.7. The van der Waals surface area contributed by atoms with E-state index in [1.54, 1.807) is 19.3 Å². The van der Waals surface area contributed by atoms with Crippen LogP contribution >= 0.6 is 0 Å². The molecular weight excluding hydrogens is 228 g/mol. The quantitative estimate of drug-likeness (QED) is 0.723. The van der Waals surface area contributed by atoms with E-state index in [-0.39, 0.29) is 0 Å². The van der Waals surface area contributed by atoms with E-state index in [2.05, 4.69) is 9.97 Å². The first-order valence-electron chi connectivity index (χ1n) is 5.75. The van der Waals surface area contributed by atoms with E-state index in [4.69, 9.17) is 5.11 Å². The van der Waals surface area contributed by atoms with Crippen molar-refractivity contribution in [3.05, 3.63) is 42.2 Å². The molecule has 0 spiro atoms. The van der Waals surface area contributed by atoms with Gasteiger partial charge in [-0.2, -0.15) is 0 Å². The lowest BCUT2D eigenvalue weighted by atomic mass is 9.99. The number of benzene rings is 1. The molecule has 18 heavy (non-hydrogen) atoms. The highest BCUT2D eigenvalue weighted by atomic mass is 16.4. The highest BCUT2D eigenvalue weighted by Gasteiger charge is 2.14.